The van der Waals surface area contributed by atoms with Gasteiger partial charge in [-0.1, -0.05) is 0 Å². The van der Waals surface area contributed by atoms with Crippen molar-refractivity contribution in [2.45, 2.75) is 33.3 Å². The molecule has 2 rings (SSSR count). The van der Waals surface area contributed by atoms with Gasteiger partial charge in [0.1, 0.15) is 5.60 Å². The van der Waals surface area contributed by atoms with Gasteiger partial charge in [0.2, 0.25) is 0 Å². The van der Waals surface area contributed by atoms with E-state index >= 15 is 0 Å². The van der Waals surface area contributed by atoms with Crippen molar-refractivity contribution in [3.05, 3.63) is 23.3 Å². The predicted molar refractivity (Wildman–Crippen MR) is 91.0 cm³/mol. The maximum atomic E-state index is 12.5. The summed E-state index contributed by atoms with van der Waals surface area (Å²) in [6, 6.07) is 3.98. The van der Waals surface area contributed by atoms with Gasteiger partial charge in [-0.15, -0.1) is 0 Å². The van der Waals surface area contributed by atoms with Gasteiger partial charge in [0, 0.05) is 44.6 Å². The molecule has 1 aromatic rings. The van der Waals surface area contributed by atoms with Crippen molar-refractivity contribution in [2.24, 2.45) is 0 Å². The minimum absolute atomic E-state index is 0.265. The molecule has 5 heteroatoms. The van der Waals surface area contributed by atoms with Crippen LogP contribution in [0.5, 0.6) is 0 Å². The van der Waals surface area contributed by atoms with Crippen LogP contribution in [0.15, 0.2) is 12.1 Å². The summed E-state index contributed by atoms with van der Waals surface area (Å²) in [6.45, 7) is 11.5. The first-order valence-corrected chi connectivity index (χ1v) is 7.83. The van der Waals surface area contributed by atoms with Crippen molar-refractivity contribution in [2.75, 3.05) is 43.4 Å². The summed E-state index contributed by atoms with van der Waals surface area (Å²) >= 11 is 0. The molecule has 0 radical (unpaired) electrons. The summed E-state index contributed by atoms with van der Waals surface area (Å²) < 4.78 is 5.55. The molecule has 1 fully saturated rings. The molecule has 1 aromatic carbocycles. The van der Waals surface area contributed by atoms with E-state index in [1.807, 2.05) is 40.8 Å². The molecular weight excluding hydrogens is 278 g/mol. The minimum atomic E-state index is -0.492. The molecule has 0 spiro atoms. The van der Waals surface area contributed by atoms with E-state index in [2.05, 4.69) is 21.6 Å². The number of rotatable bonds is 3. The predicted octanol–water partition coefficient (Wildman–Crippen LogP) is 2.40. The molecule has 1 heterocycles. The fourth-order valence-electron chi connectivity index (χ4n) is 2.62. The van der Waals surface area contributed by atoms with Gasteiger partial charge in [-0.25, -0.2) is 4.79 Å². The molecule has 0 bridgehead atoms. The molecule has 0 aliphatic carbocycles. The zero-order chi connectivity index (χ0) is 16.3. The summed E-state index contributed by atoms with van der Waals surface area (Å²) in [4.78, 5) is 14.8. The van der Waals surface area contributed by atoms with Gasteiger partial charge < -0.3 is 20.3 Å². The topological polar surface area (TPSA) is 53.6 Å². The molecule has 5 nitrogen and oxygen atoms in total. The smallest absolute Gasteiger partial charge is 0.339 e. The lowest BCUT2D eigenvalue weighted by molar-refractivity contribution is 0.00688. The number of carbonyl (C=O) groups is 1. The first-order valence-electron chi connectivity index (χ1n) is 7.83. The highest BCUT2D eigenvalue weighted by Gasteiger charge is 2.23. The van der Waals surface area contributed by atoms with Crippen molar-refractivity contribution in [1.29, 1.82) is 0 Å². The highest BCUT2D eigenvalue weighted by atomic mass is 16.6. The molecule has 1 saturated heterocycles. The number of benzene rings is 1. The van der Waals surface area contributed by atoms with Crippen LogP contribution < -0.4 is 15.5 Å². The van der Waals surface area contributed by atoms with Crippen LogP contribution in [0.4, 0.5) is 11.4 Å². The number of hydrogen-bond acceptors (Lipinski definition) is 5. The van der Waals surface area contributed by atoms with Gasteiger partial charge in [-0.2, -0.15) is 0 Å². The minimum Gasteiger partial charge on any atom is -0.456 e. The Morgan fingerprint density at radius 1 is 1.27 bits per heavy atom. The molecule has 2 N–H and O–H groups in total. The van der Waals surface area contributed by atoms with Gasteiger partial charge in [0.15, 0.2) is 0 Å². The molecule has 0 atom stereocenters. The summed E-state index contributed by atoms with van der Waals surface area (Å²) in [5.41, 5.74) is 3.16. The zero-order valence-corrected chi connectivity index (χ0v) is 14.2. The van der Waals surface area contributed by atoms with Crippen LogP contribution in [-0.4, -0.2) is 44.8 Å². The van der Waals surface area contributed by atoms with Crippen LogP contribution in [0.1, 0.15) is 36.7 Å². The highest BCUT2D eigenvalue weighted by Crippen LogP contribution is 2.29. The number of esters is 1. The molecule has 0 saturated carbocycles. The number of nitrogens with one attached hydrogen (secondary N) is 2. The number of piperazine rings is 1. The Hall–Kier alpha value is -1.75. The van der Waals surface area contributed by atoms with Crippen LogP contribution >= 0.6 is 0 Å². The van der Waals surface area contributed by atoms with Crippen LogP contribution in [0.3, 0.4) is 0 Å². The van der Waals surface area contributed by atoms with E-state index in [0.717, 1.165) is 43.1 Å². The first kappa shape index (κ1) is 16.6. The lowest BCUT2D eigenvalue weighted by Gasteiger charge is -2.32. The molecule has 1 aliphatic heterocycles. The fraction of sp³-hybridized carbons (Fsp3) is 0.588. The molecule has 22 heavy (non-hydrogen) atoms. The molecular formula is C17H27N3O2. The Labute approximate surface area is 133 Å². The Morgan fingerprint density at radius 3 is 2.45 bits per heavy atom. The third kappa shape index (κ3) is 3.91. The Kier molecular flexibility index (Phi) is 4.96. The third-order valence-corrected chi connectivity index (χ3v) is 3.75. The van der Waals surface area contributed by atoms with Crippen molar-refractivity contribution < 1.29 is 9.53 Å². The lowest BCUT2D eigenvalue weighted by atomic mass is 10.0. The normalized spacial score (nSPS) is 15.6. The number of nitrogens with zero attached hydrogens (tertiary/aromatic N) is 1. The van der Waals surface area contributed by atoms with Crippen LogP contribution in [0, 0.1) is 6.92 Å². The van der Waals surface area contributed by atoms with E-state index < -0.39 is 5.60 Å². The number of ether oxygens (including phenoxy) is 1. The highest BCUT2D eigenvalue weighted by molar-refractivity contribution is 5.94. The van der Waals surface area contributed by atoms with Gasteiger partial charge in [-0.05, 0) is 45.4 Å². The van der Waals surface area contributed by atoms with Crippen LogP contribution in [0.25, 0.3) is 0 Å². The number of anilines is 2. The maximum Gasteiger partial charge on any atom is 0.339 e. The molecule has 1 aliphatic rings. The molecule has 0 aromatic heterocycles. The molecule has 122 valence electrons. The van der Waals surface area contributed by atoms with Crippen molar-refractivity contribution >= 4 is 17.3 Å². The van der Waals surface area contributed by atoms with E-state index in [1.165, 1.54) is 0 Å². The van der Waals surface area contributed by atoms with Gasteiger partial charge in [-0.3, -0.25) is 0 Å². The van der Waals surface area contributed by atoms with Crippen molar-refractivity contribution in [3.8, 4) is 0 Å². The van der Waals surface area contributed by atoms with Crippen molar-refractivity contribution in [1.82, 2.24) is 5.32 Å². The van der Waals surface area contributed by atoms with Crippen LogP contribution in [0.2, 0.25) is 0 Å². The van der Waals surface area contributed by atoms with E-state index in [9.17, 15) is 4.79 Å². The summed E-state index contributed by atoms with van der Waals surface area (Å²) in [6.07, 6.45) is 0. The fourth-order valence-corrected chi connectivity index (χ4v) is 2.62. The van der Waals surface area contributed by atoms with Gasteiger partial charge in [0.25, 0.3) is 0 Å². The SMILES string of the molecule is CNc1cc(C(=O)OC(C)(C)C)c(C)c(N2CCNCC2)c1. The average molecular weight is 305 g/mol. The van der Waals surface area contributed by atoms with E-state index in [4.69, 9.17) is 4.74 Å². The summed E-state index contributed by atoms with van der Waals surface area (Å²) in [5.74, 6) is -0.265. The monoisotopic (exact) mass is 305 g/mol. The Balaban J connectivity index is 2.38. The first-order chi connectivity index (χ1) is 10.3. The largest absolute Gasteiger partial charge is 0.456 e. The van der Waals surface area contributed by atoms with Crippen LogP contribution in [-0.2, 0) is 4.74 Å². The molecule has 0 amide bonds. The number of carbonyl (C=O) groups excluding carboxylic acids is 1. The Bertz CT molecular complexity index is 544. The summed E-state index contributed by atoms with van der Waals surface area (Å²) in [7, 11) is 1.87. The van der Waals surface area contributed by atoms with Gasteiger partial charge in [0.05, 0.1) is 5.56 Å². The standard InChI is InChI=1S/C17H27N3O2/c1-12-14(16(21)22-17(2,3)4)10-13(18-5)11-15(12)20-8-6-19-7-9-20/h10-11,18-19H,6-9H2,1-5H3. The third-order valence-electron chi connectivity index (χ3n) is 3.75. The quantitative estimate of drug-likeness (QED) is 0.840. The maximum absolute atomic E-state index is 12.5. The Morgan fingerprint density at radius 2 is 1.91 bits per heavy atom. The second-order valence-electron chi connectivity index (χ2n) is 6.66. The average Bonchev–Trinajstić information content (AvgIpc) is 2.46. The van der Waals surface area contributed by atoms with E-state index in [1.54, 1.807) is 0 Å². The van der Waals surface area contributed by atoms with Crippen molar-refractivity contribution in [3.63, 3.8) is 0 Å². The molecule has 0 unspecified atom stereocenters. The van der Waals surface area contributed by atoms with E-state index in [0.29, 0.717) is 5.56 Å². The second-order valence-corrected chi connectivity index (χ2v) is 6.66. The van der Waals surface area contributed by atoms with Gasteiger partial charge >= 0.3 is 5.97 Å². The van der Waals surface area contributed by atoms with E-state index in [-0.39, 0.29) is 5.97 Å². The second kappa shape index (κ2) is 6.57. The lowest BCUT2D eigenvalue weighted by Crippen LogP contribution is -2.44. The zero-order valence-electron chi connectivity index (χ0n) is 14.2. The summed E-state index contributed by atoms with van der Waals surface area (Å²) in [5, 5.41) is 6.49. The number of hydrogen-bond donors (Lipinski definition) is 2.